The minimum absolute atomic E-state index is 0.622. The molecule has 0 spiro atoms. The fourth-order valence-corrected chi connectivity index (χ4v) is 2.87. The molecule has 3 heteroatoms. The number of hydrogen-bond acceptors (Lipinski definition) is 3. The summed E-state index contributed by atoms with van der Waals surface area (Å²) in [5, 5.41) is 7.16. The molecule has 1 fully saturated rings. The molecule has 0 aromatic carbocycles. The molecule has 2 heterocycles. The van der Waals surface area contributed by atoms with E-state index in [1.54, 1.807) is 0 Å². The second-order valence-electron chi connectivity index (χ2n) is 5.03. The number of rotatable bonds is 0. The Kier molecular flexibility index (Phi) is 2.46. The molecule has 2 N–H and O–H groups in total. The molecule has 0 saturated heterocycles. The van der Waals surface area contributed by atoms with E-state index in [1.165, 1.54) is 31.4 Å². The van der Waals surface area contributed by atoms with Gasteiger partial charge >= 0.3 is 0 Å². The summed E-state index contributed by atoms with van der Waals surface area (Å²) < 4.78 is 0. The van der Waals surface area contributed by atoms with Crippen LogP contribution in [0.25, 0.3) is 0 Å². The van der Waals surface area contributed by atoms with Crippen LogP contribution in [0.1, 0.15) is 31.4 Å². The van der Waals surface area contributed by atoms with Gasteiger partial charge in [-0.3, -0.25) is 0 Å². The van der Waals surface area contributed by atoms with Gasteiger partial charge in [0.25, 0.3) is 0 Å². The van der Waals surface area contributed by atoms with Gasteiger partial charge in [-0.25, -0.2) is 4.98 Å². The maximum absolute atomic E-state index is 4.59. The number of aryl methyl sites for hydroxylation is 1. The molecule has 1 aliphatic heterocycles. The molecule has 16 heavy (non-hydrogen) atoms. The molecule has 0 amide bonds. The number of hydrogen-bond donors (Lipinski definition) is 2. The van der Waals surface area contributed by atoms with Crippen LogP contribution >= 0.6 is 0 Å². The van der Waals surface area contributed by atoms with Crippen molar-refractivity contribution in [2.75, 3.05) is 17.2 Å². The van der Waals surface area contributed by atoms with Crippen molar-refractivity contribution in [1.82, 2.24) is 4.98 Å². The number of nitrogens with zero attached hydrogens (tertiary/aromatic N) is 1. The van der Waals surface area contributed by atoms with E-state index in [0.29, 0.717) is 6.04 Å². The molecule has 2 aliphatic rings. The summed E-state index contributed by atoms with van der Waals surface area (Å²) in [6.07, 6.45) is 5.38. The molecule has 86 valence electrons. The highest BCUT2D eigenvalue weighted by molar-refractivity contribution is 5.66. The molecule has 2 unspecified atom stereocenters. The summed E-state index contributed by atoms with van der Waals surface area (Å²) in [4.78, 5) is 4.59. The second kappa shape index (κ2) is 3.96. The van der Waals surface area contributed by atoms with Crippen molar-refractivity contribution < 1.29 is 0 Å². The maximum atomic E-state index is 4.59. The summed E-state index contributed by atoms with van der Waals surface area (Å²) in [6.45, 7) is 3.14. The van der Waals surface area contributed by atoms with E-state index in [4.69, 9.17) is 0 Å². The molecule has 3 nitrogen and oxygen atoms in total. The monoisotopic (exact) mass is 217 g/mol. The Morgan fingerprint density at radius 3 is 3.06 bits per heavy atom. The van der Waals surface area contributed by atoms with Crippen LogP contribution in [-0.2, 0) is 0 Å². The van der Waals surface area contributed by atoms with Crippen LogP contribution in [-0.4, -0.2) is 17.6 Å². The van der Waals surface area contributed by atoms with Crippen molar-refractivity contribution in [3.63, 3.8) is 0 Å². The standard InChI is InChI=1S/C13H19N3/c1-9-6-7-12-13(15-9)16-11-5-3-2-4-10(11)8-14-12/h6-7,10-11,14H,2-5,8H2,1H3,(H,15,16). The van der Waals surface area contributed by atoms with Crippen molar-refractivity contribution >= 4 is 11.5 Å². The Labute approximate surface area is 96.7 Å². The van der Waals surface area contributed by atoms with Gasteiger partial charge in [0.15, 0.2) is 0 Å². The predicted molar refractivity (Wildman–Crippen MR) is 66.8 cm³/mol. The summed E-state index contributed by atoms with van der Waals surface area (Å²) in [5.41, 5.74) is 2.25. The summed E-state index contributed by atoms with van der Waals surface area (Å²) >= 11 is 0. The Morgan fingerprint density at radius 1 is 1.25 bits per heavy atom. The molecule has 0 bridgehead atoms. The molecule has 1 aliphatic carbocycles. The van der Waals surface area contributed by atoms with Crippen LogP contribution in [0.4, 0.5) is 11.5 Å². The van der Waals surface area contributed by atoms with E-state index in [-0.39, 0.29) is 0 Å². The second-order valence-corrected chi connectivity index (χ2v) is 5.03. The van der Waals surface area contributed by atoms with Crippen molar-refractivity contribution in [3.05, 3.63) is 17.8 Å². The third kappa shape index (κ3) is 1.75. The minimum Gasteiger partial charge on any atom is -0.382 e. The van der Waals surface area contributed by atoms with Crippen LogP contribution in [0, 0.1) is 12.8 Å². The zero-order valence-corrected chi connectivity index (χ0v) is 9.79. The van der Waals surface area contributed by atoms with Crippen LogP contribution in [0.15, 0.2) is 12.1 Å². The predicted octanol–water partition coefficient (Wildman–Crippen LogP) is 2.79. The molecule has 1 saturated carbocycles. The first-order valence-electron chi connectivity index (χ1n) is 6.31. The average molecular weight is 217 g/mol. The fraction of sp³-hybridized carbons (Fsp3) is 0.615. The first-order valence-corrected chi connectivity index (χ1v) is 6.31. The molecular weight excluding hydrogens is 198 g/mol. The largest absolute Gasteiger partial charge is 0.382 e. The van der Waals surface area contributed by atoms with Crippen LogP contribution in [0.5, 0.6) is 0 Å². The van der Waals surface area contributed by atoms with E-state index in [2.05, 4.69) is 27.8 Å². The molecule has 3 rings (SSSR count). The van der Waals surface area contributed by atoms with Gasteiger partial charge in [0.05, 0.1) is 5.69 Å². The van der Waals surface area contributed by atoms with Gasteiger partial charge in [-0.15, -0.1) is 0 Å². The molecule has 1 aromatic rings. The van der Waals surface area contributed by atoms with Crippen LogP contribution < -0.4 is 10.6 Å². The van der Waals surface area contributed by atoms with E-state index < -0.39 is 0 Å². The van der Waals surface area contributed by atoms with Gasteiger partial charge in [0, 0.05) is 18.3 Å². The SMILES string of the molecule is Cc1ccc2c(n1)NC1CCCCC1CN2. The highest BCUT2D eigenvalue weighted by atomic mass is 15.1. The summed E-state index contributed by atoms with van der Waals surface area (Å²) in [7, 11) is 0. The van der Waals surface area contributed by atoms with Gasteiger partial charge in [-0.2, -0.15) is 0 Å². The number of fused-ring (bicyclic) bond motifs is 2. The van der Waals surface area contributed by atoms with Gasteiger partial charge < -0.3 is 10.6 Å². The van der Waals surface area contributed by atoms with Gasteiger partial charge in [0.1, 0.15) is 5.82 Å². The van der Waals surface area contributed by atoms with E-state index >= 15 is 0 Å². The smallest absolute Gasteiger partial charge is 0.149 e. The number of aromatic nitrogens is 1. The summed E-state index contributed by atoms with van der Waals surface area (Å²) in [5.74, 6) is 1.82. The lowest BCUT2D eigenvalue weighted by atomic mass is 9.85. The molecule has 1 aromatic heterocycles. The molecule has 2 atom stereocenters. The Morgan fingerprint density at radius 2 is 2.12 bits per heavy atom. The maximum Gasteiger partial charge on any atom is 0.149 e. The van der Waals surface area contributed by atoms with Gasteiger partial charge in [0.2, 0.25) is 0 Å². The highest BCUT2D eigenvalue weighted by Crippen LogP contribution is 2.32. The topological polar surface area (TPSA) is 37.0 Å². The van der Waals surface area contributed by atoms with E-state index in [1.807, 2.05) is 6.92 Å². The lowest BCUT2D eigenvalue weighted by molar-refractivity contribution is 0.341. The fourth-order valence-electron chi connectivity index (χ4n) is 2.87. The van der Waals surface area contributed by atoms with Gasteiger partial charge in [-0.05, 0) is 37.8 Å². The van der Waals surface area contributed by atoms with Gasteiger partial charge in [-0.1, -0.05) is 12.8 Å². The molecular formula is C13H19N3. The first-order chi connectivity index (χ1) is 7.83. The third-order valence-corrected chi connectivity index (χ3v) is 3.82. The number of anilines is 2. The van der Waals surface area contributed by atoms with Crippen molar-refractivity contribution in [2.24, 2.45) is 5.92 Å². The Balaban J connectivity index is 1.90. The van der Waals surface area contributed by atoms with Crippen molar-refractivity contribution in [3.8, 4) is 0 Å². The quantitative estimate of drug-likeness (QED) is 0.701. The number of pyridine rings is 1. The Hall–Kier alpha value is -1.25. The average Bonchev–Trinajstić information content (AvgIpc) is 2.47. The first kappa shape index (κ1) is 9.94. The summed E-state index contributed by atoms with van der Waals surface area (Å²) in [6, 6.07) is 4.83. The zero-order valence-electron chi connectivity index (χ0n) is 9.79. The lowest BCUT2D eigenvalue weighted by Crippen LogP contribution is -2.34. The Bertz CT molecular complexity index is 389. The van der Waals surface area contributed by atoms with Crippen molar-refractivity contribution in [2.45, 2.75) is 38.6 Å². The third-order valence-electron chi connectivity index (χ3n) is 3.82. The normalized spacial score (nSPS) is 28.1. The van der Waals surface area contributed by atoms with E-state index in [9.17, 15) is 0 Å². The minimum atomic E-state index is 0.622. The number of nitrogens with one attached hydrogen (secondary N) is 2. The lowest BCUT2D eigenvalue weighted by Gasteiger charge is -2.30. The van der Waals surface area contributed by atoms with Crippen LogP contribution in [0.3, 0.4) is 0 Å². The highest BCUT2D eigenvalue weighted by Gasteiger charge is 2.28. The van der Waals surface area contributed by atoms with Crippen molar-refractivity contribution in [1.29, 1.82) is 0 Å². The zero-order chi connectivity index (χ0) is 11.0. The van der Waals surface area contributed by atoms with Crippen LogP contribution in [0.2, 0.25) is 0 Å². The molecule has 0 radical (unpaired) electrons. The van der Waals surface area contributed by atoms with E-state index in [0.717, 1.165) is 24.0 Å².